The first-order valence-electron chi connectivity index (χ1n) is 4.94. The smallest absolute Gasteiger partial charge is 0.326 e. The van der Waals surface area contributed by atoms with E-state index in [2.05, 4.69) is 5.32 Å². The SMILES string of the molecule is CC[C@H](NC(=O)c1cc(Cl)ccc1F)C(=O)O. The first-order chi connectivity index (χ1) is 7.95. The Bertz CT molecular complexity index is 450. The Morgan fingerprint density at radius 1 is 1.53 bits per heavy atom. The van der Waals surface area contributed by atoms with Crippen molar-refractivity contribution in [2.75, 3.05) is 0 Å². The second-order valence-electron chi connectivity index (χ2n) is 3.40. The van der Waals surface area contributed by atoms with E-state index in [1.165, 1.54) is 6.07 Å². The van der Waals surface area contributed by atoms with E-state index in [1.807, 2.05) is 0 Å². The Morgan fingerprint density at radius 2 is 2.18 bits per heavy atom. The highest BCUT2D eigenvalue weighted by atomic mass is 35.5. The van der Waals surface area contributed by atoms with E-state index in [0.717, 1.165) is 12.1 Å². The van der Waals surface area contributed by atoms with Crippen LogP contribution in [-0.2, 0) is 4.79 Å². The maximum Gasteiger partial charge on any atom is 0.326 e. The molecular weight excluding hydrogens is 249 g/mol. The zero-order chi connectivity index (χ0) is 13.0. The van der Waals surface area contributed by atoms with Gasteiger partial charge in [0.1, 0.15) is 11.9 Å². The lowest BCUT2D eigenvalue weighted by Gasteiger charge is -2.12. The highest BCUT2D eigenvalue weighted by molar-refractivity contribution is 6.31. The summed E-state index contributed by atoms with van der Waals surface area (Å²) >= 11 is 5.63. The summed E-state index contributed by atoms with van der Waals surface area (Å²) in [7, 11) is 0. The molecule has 1 rings (SSSR count). The maximum absolute atomic E-state index is 13.3. The first-order valence-corrected chi connectivity index (χ1v) is 5.32. The topological polar surface area (TPSA) is 66.4 Å². The number of carboxylic acids is 1. The van der Waals surface area contributed by atoms with Crippen molar-refractivity contribution in [1.82, 2.24) is 5.32 Å². The highest BCUT2D eigenvalue weighted by Crippen LogP contribution is 2.15. The van der Waals surface area contributed by atoms with E-state index >= 15 is 0 Å². The van der Waals surface area contributed by atoms with Crippen LogP contribution in [0.2, 0.25) is 5.02 Å². The van der Waals surface area contributed by atoms with Crippen molar-refractivity contribution in [3.63, 3.8) is 0 Å². The van der Waals surface area contributed by atoms with Gasteiger partial charge in [-0.05, 0) is 24.6 Å². The number of carbonyl (C=O) groups excluding carboxylic acids is 1. The normalized spacial score (nSPS) is 11.9. The summed E-state index contributed by atoms with van der Waals surface area (Å²) in [6, 6.07) is 2.47. The van der Waals surface area contributed by atoms with Crippen molar-refractivity contribution in [3.05, 3.63) is 34.6 Å². The third kappa shape index (κ3) is 3.42. The lowest BCUT2D eigenvalue weighted by Crippen LogP contribution is -2.40. The number of halogens is 2. The van der Waals surface area contributed by atoms with Crippen LogP contribution >= 0.6 is 11.6 Å². The largest absolute Gasteiger partial charge is 0.480 e. The molecule has 0 aliphatic carbocycles. The summed E-state index contributed by atoms with van der Waals surface area (Å²) in [6.07, 6.45) is 0.212. The lowest BCUT2D eigenvalue weighted by atomic mass is 10.1. The van der Waals surface area contributed by atoms with Gasteiger partial charge in [0.15, 0.2) is 0 Å². The summed E-state index contributed by atoms with van der Waals surface area (Å²) in [5.74, 6) is -2.70. The van der Waals surface area contributed by atoms with Crippen LogP contribution in [0.1, 0.15) is 23.7 Å². The molecule has 1 atom stereocenters. The third-order valence-electron chi connectivity index (χ3n) is 2.18. The number of rotatable bonds is 4. The van der Waals surface area contributed by atoms with Gasteiger partial charge in [-0.1, -0.05) is 18.5 Å². The molecule has 4 nitrogen and oxygen atoms in total. The van der Waals surface area contributed by atoms with Crippen LogP contribution in [0, 0.1) is 5.82 Å². The van der Waals surface area contributed by atoms with Gasteiger partial charge in [0, 0.05) is 5.02 Å². The van der Waals surface area contributed by atoms with Gasteiger partial charge in [-0.15, -0.1) is 0 Å². The average molecular weight is 260 g/mol. The third-order valence-corrected chi connectivity index (χ3v) is 2.42. The van der Waals surface area contributed by atoms with Crippen molar-refractivity contribution in [2.45, 2.75) is 19.4 Å². The van der Waals surface area contributed by atoms with E-state index < -0.39 is 23.7 Å². The summed E-state index contributed by atoms with van der Waals surface area (Å²) < 4.78 is 13.3. The molecule has 0 spiro atoms. The molecule has 92 valence electrons. The van der Waals surface area contributed by atoms with E-state index in [0.29, 0.717) is 0 Å². The Labute approximate surface area is 102 Å². The number of hydrogen-bond acceptors (Lipinski definition) is 2. The molecule has 0 saturated heterocycles. The van der Waals surface area contributed by atoms with Gasteiger partial charge in [0.25, 0.3) is 5.91 Å². The van der Waals surface area contributed by atoms with E-state index in [1.54, 1.807) is 6.92 Å². The van der Waals surface area contributed by atoms with Gasteiger partial charge in [-0.25, -0.2) is 9.18 Å². The minimum absolute atomic E-state index is 0.208. The lowest BCUT2D eigenvalue weighted by molar-refractivity contribution is -0.139. The molecule has 1 aromatic carbocycles. The van der Waals surface area contributed by atoms with E-state index in [-0.39, 0.29) is 17.0 Å². The molecule has 0 fully saturated rings. The standard InChI is InChI=1S/C11H11ClFNO3/c1-2-9(11(16)17)14-10(15)7-5-6(12)3-4-8(7)13/h3-5,9H,2H2,1H3,(H,14,15)(H,16,17)/t9-/m0/s1. The molecule has 6 heteroatoms. The van der Waals surface area contributed by atoms with Gasteiger partial charge in [-0.3, -0.25) is 4.79 Å². The number of benzene rings is 1. The summed E-state index contributed by atoms with van der Waals surface area (Å²) in [5.41, 5.74) is -0.266. The summed E-state index contributed by atoms with van der Waals surface area (Å²) in [5, 5.41) is 11.2. The fourth-order valence-corrected chi connectivity index (χ4v) is 1.42. The Morgan fingerprint density at radius 3 is 2.71 bits per heavy atom. The average Bonchev–Trinajstić information content (AvgIpc) is 2.28. The molecule has 0 aliphatic rings. The van der Waals surface area contributed by atoms with E-state index in [4.69, 9.17) is 16.7 Å². The molecule has 2 N–H and O–H groups in total. The van der Waals surface area contributed by atoms with Gasteiger partial charge >= 0.3 is 5.97 Å². The van der Waals surface area contributed by atoms with Gasteiger partial charge < -0.3 is 10.4 Å². The second kappa shape index (κ2) is 5.63. The van der Waals surface area contributed by atoms with Crippen molar-refractivity contribution in [3.8, 4) is 0 Å². The molecule has 0 bridgehead atoms. The number of nitrogens with one attached hydrogen (secondary N) is 1. The monoisotopic (exact) mass is 259 g/mol. The van der Waals surface area contributed by atoms with Crippen molar-refractivity contribution in [2.24, 2.45) is 0 Å². The van der Waals surface area contributed by atoms with Crippen molar-refractivity contribution < 1.29 is 19.1 Å². The van der Waals surface area contributed by atoms with Crippen LogP contribution in [0.25, 0.3) is 0 Å². The predicted molar refractivity (Wildman–Crippen MR) is 60.6 cm³/mol. The second-order valence-corrected chi connectivity index (χ2v) is 3.83. The van der Waals surface area contributed by atoms with Crippen LogP contribution in [0.5, 0.6) is 0 Å². The van der Waals surface area contributed by atoms with Gasteiger partial charge in [-0.2, -0.15) is 0 Å². The van der Waals surface area contributed by atoms with Gasteiger partial charge in [0.2, 0.25) is 0 Å². The molecule has 0 aromatic heterocycles. The molecule has 17 heavy (non-hydrogen) atoms. The van der Waals surface area contributed by atoms with Crippen LogP contribution in [0.4, 0.5) is 4.39 Å². The van der Waals surface area contributed by atoms with Crippen LogP contribution < -0.4 is 5.32 Å². The number of hydrogen-bond donors (Lipinski definition) is 2. The zero-order valence-electron chi connectivity index (χ0n) is 9.04. The summed E-state index contributed by atoms with van der Waals surface area (Å²) in [4.78, 5) is 22.3. The molecular formula is C11H11ClFNO3. The number of carbonyl (C=O) groups is 2. The quantitative estimate of drug-likeness (QED) is 0.870. The number of aliphatic carboxylic acids is 1. The Balaban J connectivity index is 2.89. The zero-order valence-corrected chi connectivity index (χ0v) is 9.79. The maximum atomic E-state index is 13.3. The molecule has 0 unspecified atom stereocenters. The molecule has 0 radical (unpaired) electrons. The first kappa shape index (κ1) is 13.4. The van der Waals surface area contributed by atoms with Gasteiger partial charge in [0.05, 0.1) is 5.56 Å². The van der Waals surface area contributed by atoms with Crippen molar-refractivity contribution in [1.29, 1.82) is 0 Å². The fraction of sp³-hybridized carbons (Fsp3) is 0.273. The highest BCUT2D eigenvalue weighted by Gasteiger charge is 2.20. The number of amides is 1. The Kier molecular flexibility index (Phi) is 4.45. The number of carboxylic acid groups (broad SMARTS) is 1. The fourth-order valence-electron chi connectivity index (χ4n) is 1.25. The predicted octanol–water partition coefficient (Wildman–Crippen LogP) is 2.07. The summed E-state index contributed by atoms with van der Waals surface area (Å²) in [6.45, 7) is 1.60. The van der Waals surface area contributed by atoms with Crippen LogP contribution in [-0.4, -0.2) is 23.0 Å². The molecule has 0 aliphatic heterocycles. The van der Waals surface area contributed by atoms with Crippen LogP contribution in [0.15, 0.2) is 18.2 Å². The minimum Gasteiger partial charge on any atom is -0.480 e. The van der Waals surface area contributed by atoms with Crippen molar-refractivity contribution >= 4 is 23.5 Å². The molecule has 0 saturated carbocycles. The van der Waals surface area contributed by atoms with E-state index in [9.17, 15) is 14.0 Å². The molecule has 1 amide bonds. The minimum atomic E-state index is -1.16. The van der Waals surface area contributed by atoms with Crippen LogP contribution in [0.3, 0.4) is 0 Å². The Hall–Kier alpha value is -1.62. The molecule has 1 aromatic rings. The molecule has 0 heterocycles.